The van der Waals surface area contributed by atoms with Crippen LogP contribution < -0.4 is 11.3 Å². The lowest BCUT2D eigenvalue weighted by atomic mass is 10.2. The van der Waals surface area contributed by atoms with Gasteiger partial charge in [0.25, 0.3) is 5.56 Å². The summed E-state index contributed by atoms with van der Waals surface area (Å²) in [5.74, 6) is 0.0960. The molecule has 1 aliphatic rings. The van der Waals surface area contributed by atoms with Crippen LogP contribution in [0.25, 0.3) is 0 Å². The van der Waals surface area contributed by atoms with E-state index < -0.39 is 0 Å². The molecule has 98 valence electrons. The van der Waals surface area contributed by atoms with E-state index in [-0.39, 0.29) is 17.5 Å². The summed E-state index contributed by atoms with van der Waals surface area (Å²) in [7, 11) is 0. The monoisotopic (exact) mass is 249 g/mol. The van der Waals surface area contributed by atoms with Crippen molar-refractivity contribution in [1.29, 1.82) is 0 Å². The Morgan fingerprint density at radius 3 is 3.00 bits per heavy atom. The van der Waals surface area contributed by atoms with Crippen LogP contribution in [0.5, 0.6) is 0 Å². The number of aryl methyl sites for hydroxylation is 1. The fourth-order valence-electron chi connectivity index (χ4n) is 2.41. The average molecular weight is 249 g/mol. The summed E-state index contributed by atoms with van der Waals surface area (Å²) in [5, 5.41) is 0. The summed E-state index contributed by atoms with van der Waals surface area (Å²) in [6, 6.07) is 5.18. The number of hydrogen-bond donors (Lipinski definition) is 1. The van der Waals surface area contributed by atoms with E-state index in [1.807, 2.05) is 4.90 Å². The molecule has 0 bridgehead atoms. The molecule has 1 saturated heterocycles. The van der Waals surface area contributed by atoms with E-state index in [9.17, 15) is 9.59 Å². The predicted octanol–water partition coefficient (Wildman–Crippen LogP) is 0.188. The van der Waals surface area contributed by atoms with E-state index in [1.54, 1.807) is 22.9 Å². The number of rotatable bonds is 4. The van der Waals surface area contributed by atoms with Gasteiger partial charge >= 0.3 is 0 Å². The third-order valence-electron chi connectivity index (χ3n) is 3.44. The second kappa shape index (κ2) is 5.82. The highest BCUT2D eigenvalue weighted by molar-refractivity contribution is 5.76. The first-order valence-corrected chi connectivity index (χ1v) is 6.37. The van der Waals surface area contributed by atoms with Gasteiger partial charge in [-0.1, -0.05) is 6.07 Å². The number of aromatic nitrogens is 1. The lowest BCUT2D eigenvalue weighted by Crippen LogP contribution is -2.40. The van der Waals surface area contributed by atoms with Gasteiger partial charge in [0.2, 0.25) is 5.91 Å². The van der Waals surface area contributed by atoms with E-state index in [2.05, 4.69) is 0 Å². The number of likely N-dealkylation sites (tertiary alicyclic amines) is 1. The first kappa shape index (κ1) is 12.8. The van der Waals surface area contributed by atoms with Crippen molar-refractivity contribution in [3.8, 4) is 0 Å². The minimum absolute atomic E-state index is 0.0675. The van der Waals surface area contributed by atoms with Crippen LogP contribution in [-0.2, 0) is 11.3 Å². The molecule has 0 spiro atoms. The Hall–Kier alpha value is -1.62. The minimum Gasteiger partial charge on any atom is -0.338 e. The van der Waals surface area contributed by atoms with Crippen LogP contribution in [0.2, 0.25) is 0 Å². The first-order chi connectivity index (χ1) is 8.72. The second-order valence-electron chi connectivity index (χ2n) is 4.60. The molecule has 0 aliphatic carbocycles. The number of nitrogens with two attached hydrogens (primary N) is 1. The Labute approximate surface area is 106 Å². The lowest BCUT2D eigenvalue weighted by molar-refractivity contribution is -0.132. The molecule has 2 N–H and O–H groups in total. The van der Waals surface area contributed by atoms with Crippen LogP contribution in [0, 0.1) is 0 Å². The summed E-state index contributed by atoms with van der Waals surface area (Å²) in [6.45, 7) is 1.76. The largest absolute Gasteiger partial charge is 0.338 e. The maximum atomic E-state index is 12.1. The molecule has 1 unspecified atom stereocenters. The average Bonchev–Trinajstić information content (AvgIpc) is 2.86. The highest BCUT2D eigenvalue weighted by Gasteiger charge is 2.26. The molecule has 2 heterocycles. The molecule has 1 amide bonds. The van der Waals surface area contributed by atoms with Crippen molar-refractivity contribution >= 4 is 5.91 Å². The van der Waals surface area contributed by atoms with Gasteiger partial charge in [0.05, 0.1) is 0 Å². The van der Waals surface area contributed by atoms with Crippen molar-refractivity contribution in [2.45, 2.75) is 31.8 Å². The van der Waals surface area contributed by atoms with Gasteiger partial charge in [-0.2, -0.15) is 0 Å². The van der Waals surface area contributed by atoms with Crippen LogP contribution in [0.1, 0.15) is 19.3 Å². The molecule has 1 aromatic rings. The first-order valence-electron chi connectivity index (χ1n) is 6.37. The van der Waals surface area contributed by atoms with E-state index in [0.717, 1.165) is 19.4 Å². The molecule has 1 atom stereocenters. The third-order valence-corrected chi connectivity index (χ3v) is 3.44. The Kier molecular flexibility index (Phi) is 4.15. The second-order valence-corrected chi connectivity index (χ2v) is 4.60. The molecule has 5 heteroatoms. The Morgan fingerprint density at radius 1 is 1.44 bits per heavy atom. The van der Waals surface area contributed by atoms with Crippen LogP contribution in [0.4, 0.5) is 0 Å². The maximum absolute atomic E-state index is 12.1. The van der Waals surface area contributed by atoms with Crippen LogP contribution >= 0.6 is 0 Å². The van der Waals surface area contributed by atoms with Crippen molar-refractivity contribution in [3.63, 3.8) is 0 Å². The molecule has 18 heavy (non-hydrogen) atoms. The van der Waals surface area contributed by atoms with Crippen molar-refractivity contribution in [2.24, 2.45) is 5.73 Å². The van der Waals surface area contributed by atoms with Crippen LogP contribution in [0.15, 0.2) is 29.2 Å². The van der Waals surface area contributed by atoms with Crippen molar-refractivity contribution in [3.05, 3.63) is 34.7 Å². The van der Waals surface area contributed by atoms with E-state index in [4.69, 9.17) is 5.73 Å². The predicted molar refractivity (Wildman–Crippen MR) is 69.1 cm³/mol. The zero-order chi connectivity index (χ0) is 13.0. The molecular weight excluding hydrogens is 230 g/mol. The molecule has 2 rings (SSSR count). The third kappa shape index (κ3) is 2.79. The van der Waals surface area contributed by atoms with Gasteiger partial charge in [-0.05, 0) is 18.9 Å². The zero-order valence-electron chi connectivity index (χ0n) is 10.4. The van der Waals surface area contributed by atoms with Gasteiger partial charge < -0.3 is 15.2 Å². The summed E-state index contributed by atoms with van der Waals surface area (Å²) in [4.78, 5) is 25.4. The normalized spacial score (nSPS) is 19.2. The van der Waals surface area contributed by atoms with Gasteiger partial charge in [-0.15, -0.1) is 0 Å². The fraction of sp³-hybridized carbons (Fsp3) is 0.538. The summed E-state index contributed by atoms with van der Waals surface area (Å²) in [6.07, 6.45) is 4.09. The zero-order valence-corrected chi connectivity index (χ0v) is 10.4. The quantitative estimate of drug-likeness (QED) is 0.828. The fourth-order valence-corrected chi connectivity index (χ4v) is 2.41. The van der Waals surface area contributed by atoms with Crippen molar-refractivity contribution < 1.29 is 4.79 Å². The molecule has 0 aromatic carbocycles. The van der Waals surface area contributed by atoms with Crippen LogP contribution in [-0.4, -0.2) is 34.5 Å². The molecule has 0 saturated carbocycles. The molecule has 1 aliphatic heterocycles. The standard InChI is InChI=1S/C13H19N3O2/c14-10-11-4-3-8-16(11)13(18)6-9-15-7-2-1-5-12(15)17/h1-2,5,7,11H,3-4,6,8-10,14H2. The van der Waals surface area contributed by atoms with Gasteiger partial charge in [0.1, 0.15) is 0 Å². The molecule has 5 nitrogen and oxygen atoms in total. The Bertz CT molecular complexity index is 469. The summed E-state index contributed by atoms with van der Waals surface area (Å²) in [5.41, 5.74) is 5.58. The minimum atomic E-state index is -0.0675. The molecule has 1 fully saturated rings. The van der Waals surface area contributed by atoms with E-state index in [0.29, 0.717) is 19.5 Å². The van der Waals surface area contributed by atoms with Gasteiger partial charge in [0, 0.05) is 44.4 Å². The number of carbonyl (C=O) groups is 1. The van der Waals surface area contributed by atoms with Gasteiger partial charge in [0.15, 0.2) is 0 Å². The number of nitrogens with zero attached hydrogens (tertiary/aromatic N) is 2. The summed E-state index contributed by atoms with van der Waals surface area (Å²) < 4.78 is 1.56. The number of carbonyl (C=O) groups excluding carboxylic acids is 1. The van der Waals surface area contributed by atoms with Crippen LogP contribution in [0.3, 0.4) is 0 Å². The highest BCUT2D eigenvalue weighted by Crippen LogP contribution is 2.17. The lowest BCUT2D eigenvalue weighted by Gasteiger charge is -2.23. The number of hydrogen-bond acceptors (Lipinski definition) is 3. The molecular formula is C13H19N3O2. The van der Waals surface area contributed by atoms with Crippen molar-refractivity contribution in [1.82, 2.24) is 9.47 Å². The number of pyridine rings is 1. The van der Waals surface area contributed by atoms with Gasteiger partial charge in [-0.3, -0.25) is 9.59 Å². The molecule has 1 aromatic heterocycles. The van der Waals surface area contributed by atoms with E-state index >= 15 is 0 Å². The highest BCUT2D eigenvalue weighted by atomic mass is 16.2. The van der Waals surface area contributed by atoms with Gasteiger partial charge in [-0.25, -0.2) is 0 Å². The summed E-state index contributed by atoms with van der Waals surface area (Å²) >= 11 is 0. The smallest absolute Gasteiger partial charge is 0.250 e. The number of amides is 1. The van der Waals surface area contributed by atoms with Crippen molar-refractivity contribution in [2.75, 3.05) is 13.1 Å². The van der Waals surface area contributed by atoms with E-state index in [1.165, 1.54) is 6.07 Å². The SMILES string of the molecule is NCC1CCCN1C(=O)CCn1ccccc1=O. The Morgan fingerprint density at radius 2 is 2.28 bits per heavy atom. The Balaban J connectivity index is 1.92. The maximum Gasteiger partial charge on any atom is 0.250 e. The topological polar surface area (TPSA) is 68.3 Å². The molecule has 0 radical (unpaired) electrons.